The fourth-order valence-corrected chi connectivity index (χ4v) is 3.50. The summed E-state index contributed by atoms with van der Waals surface area (Å²) in [5.74, 6) is -0.160. The van der Waals surface area contributed by atoms with E-state index in [0.717, 1.165) is 17.0 Å². The number of carbonyl (C=O) groups excluding carboxylic acids is 2. The molecule has 0 fully saturated rings. The van der Waals surface area contributed by atoms with Crippen molar-refractivity contribution in [3.63, 3.8) is 0 Å². The van der Waals surface area contributed by atoms with Crippen molar-refractivity contribution < 1.29 is 19.1 Å². The van der Waals surface area contributed by atoms with E-state index in [9.17, 15) is 9.59 Å². The van der Waals surface area contributed by atoms with Gasteiger partial charge in [0, 0.05) is 43.3 Å². The molecule has 35 heavy (non-hydrogen) atoms. The van der Waals surface area contributed by atoms with E-state index in [1.54, 1.807) is 37.2 Å². The van der Waals surface area contributed by atoms with Gasteiger partial charge in [0.25, 0.3) is 0 Å². The van der Waals surface area contributed by atoms with Crippen LogP contribution in [-0.2, 0) is 21.4 Å². The van der Waals surface area contributed by atoms with Gasteiger partial charge in [0.2, 0.25) is 5.91 Å². The molecule has 0 aliphatic rings. The maximum absolute atomic E-state index is 13.2. The molecule has 0 bridgehead atoms. The fraction of sp³-hybridized carbons (Fsp3) is 0.308. The van der Waals surface area contributed by atoms with Crippen molar-refractivity contribution >= 4 is 31.6 Å². The second kappa shape index (κ2) is 11.5. The van der Waals surface area contributed by atoms with Crippen molar-refractivity contribution in [1.29, 1.82) is 0 Å². The highest BCUT2D eigenvalue weighted by atomic mass is 16.5. The minimum atomic E-state index is -0.800. The van der Waals surface area contributed by atoms with Crippen LogP contribution in [0.2, 0.25) is 0 Å². The van der Waals surface area contributed by atoms with Gasteiger partial charge in [0.15, 0.2) is 5.82 Å². The molecular weight excluding hydrogens is 443 g/mol. The zero-order valence-corrected chi connectivity index (χ0v) is 20.6. The molecule has 1 aromatic carbocycles. The SMILES string of the molecule is [B]C(c1ccc(-c2ccc(OC)cc2)nc1)N(C(=O)CC(C)C)c1cc(/C=C/C(=O)OC)n(C)n1. The number of amides is 1. The monoisotopic (exact) mass is 472 g/mol. The van der Waals surface area contributed by atoms with Crippen LogP contribution in [0.25, 0.3) is 17.3 Å². The lowest BCUT2D eigenvalue weighted by Crippen LogP contribution is -2.36. The number of aryl methyl sites for hydroxylation is 1. The third-order valence-electron chi connectivity index (χ3n) is 5.38. The van der Waals surface area contributed by atoms with Crippen LogP contribution in [-0.4, -0.2) is 48.7 Å². The molecule has 0 saturated heterocycles. The van der Waals surface area contributed by atoms with Crippen molar-refractivity contribution in [2.24, 2.45) is 13.0 Å². The number of rotatable bonds is 9. The molecule has 2 radical (unpaired) electrons. The smallest absolute Gasteiger partial charge is 0.330 e. The lowest BCUT2D eigenvalue weighted by atomic mass is 9.87. The lowest BCUT2D eigenvalue weighted by Gasteiger charge is -2.29. The number of methoxy groups -OCH3 is 2. The Bertz CT molecular complexity index is 1190. The van der Waals surface area contributed by atoms with Crippen LogP contribution in [0.15, 0.2) is 54.7 Å². The molecule has 8 nitrogen and oxygen atoms in total. The lowest BCUT2D eigenvalue weighted by molar-refractivity contribution is -0.134. The van der Waals surface area contributed by atoms with E-state index in [1.807, 2.05) is 50.2 Å². The van der Waals surface area contributed by atoms with E-state index in [0.29, 0.717) is 23.5 Å². The third-order valence-corrected chi connectivity index (χ3v) is 5.38. The summed E-state index contributed by atoms with van der Waals surface area (Å²) >= 11 is 0. The molecular formula is C26H29BN4O4. The molecule has 3 aromatic rings. The Kier molecular flexibility index (Phi) is 8.46. The van der Waals surface area contributed by atoms with Crippen molar-refractivity contribution in [2.45, 2.75) is 26.2 Å². The maximum atomic E-state index is 13.2. The number of benzene rings is 1. The number of hydrogen-bond donors (Lipinski definition) is 0. The highest BCUT2D eigenvalue weighted by Gasteiger charge is 2.26. The van der Waals surface area contributed by atoms with Gasteiger partial charge < -0.3 is 9.47 Å². The number of carbonyl (C=O) groups is 2. The van der Waals surface area contributed by atoms with Gasteiger partial charge in [-0.1, -0.05) is 19.9 Å². The Morgan fingerprint density at radius 3 is 2.43 bits per heavy atom. The number of ether oxygens (including phenoxy) is 2. The molecule has 2 heterocycles. The second-order valence-electron chi connectivity index (χ2n) is 8.42. The number of esters is 1. The van der Waals surface area contributed by atoms with Gasteiger partial charge in [-0.2, -0.15) is 5.10 Å². The van der Waals surface area contributed by atoms with Gasteiger partial charge in [-0.05, 0) is 47.9 Å². The normalized spacial score (nSPS) is 12.1. The van der Waals surface area contributed by atoms with E-state index in [4.69, 9.17) is 12.6 Å². The number of pyridine rings is 1. The maximum Gasteiger partial charge on any atom is 0.330 e. The summed E-state index contributed by atoms with van der Waals surface area (Å²) in [6.07, 6.45) is 4.84. The summed E-state index contributed by atoms with van der Waals surface area (Å²) in [4.78, 5) is 30.7. The minimum absolute atomic E-state index is 0.134. The van der Waals surface area contributed by atoms with Crippen LogP contribution in [0.3, 0.4) is 0 Å². The van der Waals surface area contributed by atoms with E-state index in [-0.39, 0.29) is 11.8 Å². The summed E-state index contributed by atoms with van der Waals surface area (Å²) in [5.41, 5.74) is 2.99. The molecule has 0 spiro atoms. The molecule has 2 aromatic heterocycles. The number of aromatic nitrogens is 3. The van der Waals surface area contributed by atoms with Crippen LogP contribution in [0, 0.1) is 5.92 Å². The number of anilines is 1. The molecule has 1 unspecified atom stereocenters. The van der Waals surface area contributed by atoms with E-state index in [2.05, 4.69) is 14.8 Å². The zero-order valence-electron chi connectivity index (χ0n) is 20.6. The van der Waals surface area contributed by atoms with Crippen LogP contribution in [0.1, 0.15) is 37.5 Å². The van der Waals surface area contributed by atoms with Crippen LogP contribution in [0.4, 0.5) is 5.82 Å². The van der Waals surface area contributed by atoms with Crippen LogP contribution >= 0.6 is 0 Å². The standard InChI is InChI=1S/C26H29BN4O4/c1-17(2)14-24(32)31(23-15-20(30(3)29-23)9-13-25(33)35-5)26(27)19-8-12-22(28-16-19)18-6-10-21(34-4)11-7-18/h6-13,15-17,26H,14H2,1-5H3/b13-9+. The molecule has 9 heteroatoms. The predicted molar refractivity (Wildman–Crippen MR) is 136 cm³/mol. The predicted octanol–water partition coefficient (Wildman–Crippen LogP) is 3.92. The quantitative estimate of drug-likeness (QED) is 0.267. The first-order valence-corrected chi connectivity index (χ1v) is 11.2. The Hall–Kier alpha value is -3.88. The molecule has 0 aliphatic carbocycles. The Morgan fingerprint density at radius 2 is 1.86 bits per heavy atom. The first-order chi connectivity index (χ1) is 16.7. The molecule has 180 valence electrons. The van der Waals surface area contributed by atoms with Gasteiger partial charge in [0.1, 0.15) is 13.6 Å². The fourth-order valence-electron chi connectivity index (χ4n) is 3.50. The number of nitrogens with zero attached hydrogens (tertiary/aromatic N) is 4. The topological polar surface area (TPSA) is 86.5 Å². The molecule has 0 saturated carbocycles. The summed E-state index contributed by atoms with van der Waals surface area (Å²) in [5, 5.41) is 4.48. The Morgan fingerprint density at radius 1 is 1.14 bits per heavy atom. The van der Waals surface area contributed by atoms with Crippen molar-refractivity contribution in [2.75, 3.05) is 19.1 Å². The summed E-state index contributed by atoms with van der Waals surface area (Å²) < 4.78 is 11.4. The minimum Gasteiger partial charge on any atom is -0.497 e. The second-order valence-corrected chi connectivity index (χ2v) is 8.42. The first kappa shape index (κ1) is 25.7. The van der Waals surface area contributed by atoms with Gasteiger partial charge in [-0.25, -0.2) is 4.79 Å². The summed E-state index contributed by atoms with van der Waals surface area (Å²) in [6.45, 7) is 3.94. The summed E-state index contributed by atoms with van der Waals surface area (Å²) in [6, 6.07) is 13.0. The van der Waals surface area contributed by atoms with E-state index >= 15 is 0 Å². The van der Waals surface area contributed by atoms with Gasteiger partial charge in [0.05, 0.1) is 25.6 Å². The molecule has 1 amide bonds. The van der Waals surface area contributed by atoms with Gasteiger partial charge in [-0.15, -0.1) is 0 Å². The molecule has 0 aliphatic heterocycles. The molecule has 3 rings (SSSR count). The average molecular weight is 472 g/mol. The highest BCUT2D eigenvalue weighted by Crippen LogP contribution is 2.28. The largest absolute Gasteiger partial charge is 0.497 e. The van der Waals surface area contributed by atoms with Gasteiger partial charge >= 0.3 is 5.97 Å². The van der Waals surface area contributed by atoms with Crippen molar-refractivity contribution in [1.82, 2.24) is 14.8 Å². The first-order valence-electron chi connectivity index (χ1n) is 11.2. The summed E-state index contributed by atoms with van der Waals surface area (Å²) in [7, 11) is 11.2. The van der Waals surface area contributed by atoms with Crippen molar-refractivity contribution in [3.05, 3.63) is 66.0 Å². The van der Waals surface area contributed by atoms with E-state index in [1.165, 1.54) is 18.1 Å². The van der Waals surface area contributed by atoms with E-state index < -0.39 is 11.9 Å². The van der Waals surface area contributed by atoms with Crippen LogP contribution < -0.4 is 9.64 Å². The zero-order chi connectivity index (χ0) is 25.5. The Labute approximate surface area is 207 Å². The third kappa shape index (κ3) is 6.38. The number of hydrogen-bond acceptors (Lipinski definition) is 6. The average Bonchev–Trinajstić information content (AvgIpc) is 3.21. The molecule has 1 atom stereocenters. The van der Waals surface area contributed by atoms with Gasteiger partial charge in [-0.3, -0.25) is 19.4 Å². The molecule has 0 N–H and O–H groups in total. The Balaban J connectivity index is 1.91. The highest BCUT2D eigenvalue weighted by molar-refractivity contribution is 6.17. The van der Waals surface area contributed by atoms with Crippen molar-refractivity contribution in [3.8, 4) is 17.0 Å². The van der Waals surface area contributed by atoms with Crippen LogP contribution in [0.5, 0.6) is 5.75 Å².